The van der Waals surface area contributed by atoms with Gasteiger partial charge >= 0.3 is 0 Å². The first-order valence-electron chi connectivity index (χ1n) is 4.94. The zero-order valence-electron chi connectivity index (χ0n) is 8.98. The van der Waals surface area contributed by atoms with Crippen molar-refractivity contribution in [3.8, 4) is 0 Å². The van der Waals surface area contributed by atoms with Crippen LogP contribution in [0.25, 0.3) is 0 Å². The Labute approximate surface area is 112 Å². The van der Waals surface area contributed by atoms with Crippen molar-refractivity contribution in [3.63, 3.8) is 0 Å². The van der Waals surface area contributed by atoms with Gasteiger partial charge in [-0.1, -0.05) is 29.3 Å². The standard InChI is InChI=1S/C12H8Cl2F2N2/c13-7-2-1-3-8(14)12(7)18-10-5-6(15)4-9(16)11(10)17/h1-5,18H,17H2. The van der Waals surface area contributed by atoms with Crippen LogP contribution in [0.5, 0.6) is 0 Å². The number of benzene rings is 2. The van der Waals surface area contributed by atoms with Crippen molar-refractivity contribution in [2.24, 2.45) is 0 Å². The highest BCUT2D eigenvalue weighted by Gasteiger charge is 2.11. The third-order valence-corrected chi connectivity index (χ3v) is 2.95. The van der Waals surface area contributed by atoms with Crippen LogP contribution in [0.2, 0.25) is 10.0 Å². The van der Waals surface area contributed by atoms with Crippen molar-refractivity contribution in [2.45, 2.75) is 0 Å². The lowest BCUT2D eigenvalue weighted by Gasteiger charge is -2.12. The Bertz CT molecular complexity index is 583. The highest BCUT2D eigenvalue weighted by molar-refractivity contribution is 6.39. The summed E-state index contributed by atoms with van der Waals surface area (Å²) in [5.74, 6) is -1.59. The second-order valence-electron chi connectivity index (χ2n) is 3.57. The number of rotatable bonds is 2. The molecule has 0 bridgehead atoms. The predicted octanol–water partition coefficient (Wildman–Crippen LogP) is 4.60. The van der Waals surface area contributed by atoms with Crippen LogP contribution in [-0.2, 0) is 0 Å². The van der Waals surface area contributed by atoms with Crippen molar-refractivity contribution >= 4 is 40.3 Å². The Kier molecular flexibility index (Phi) is 3.59. The Hall–Kier alpha value is -1.52. The summed E-state index contributed by atoms with van der Waals surface area (Å²) in [7, 11) is 0. The lowest BCUT2D eigenvalue weighted by Crippen LogP contribution is -2.01. The second-order valence-corrected chi connectivity index (χ2v) is 4.38. The van der Waals surface area contributed by atoms with Crippen LogP contribution in [0.4, 0.5) is 25.8 Å². The average molecular weight is 289 g/mol. The number of hydrogen-bond acceptors (Lipinski definition) is 2. The molecule has 2 aromatic rings. The fraction of sp³-hybridized carbons (Fsp3) is 0. The van der Waals surface area contributed by atoms with E-state index in [1.165, 1.54) is 0 Å². The van der Waals surface area contributed by atoms with Crippen molar-refractivity contribution in [2.75, 3.05) is 11.1 Å². The average Bonchev–Trinajstić information content (AvgIpc) is 2.30. The molecule has 0 saturated heterocycles. The van der Waals surface area contributed by atoms with E-state index < -0.39 is 11.6 Å². The van der Waals surface area contributed by atoms with Crippen LogP contribution in [0, 0.1) is 11.6 Å². The minimum atomic E-state index is -0.847. The van der Waals surface area contributed by atoms with Gasteiger partial charge in [0.25, 0.3) is 0 Å². The molecule has 0 fully saturated rings. The van der Waals surface area contributed by atoms with E-state index >= 15 is 0 Å². The monoisotopic (exact) mass is 288 g/mol. The maximum absolute atomic E-state index is 13.3. The highest BCUT2D eigenvalue weighted by atomic mass is 35.5. The number of hydrogen-bond donors (Lipinski definition) is 2. The molecule has 0 aliphatic heterocycles. The Morgan fingerprint density at radius 2 is 1.67 bits per heavy atom. The molecule has 3 N–H and O–H groups in total. The minimum absolute atomic E-state index is 0.0718. The highest BCUT2D eigenvalue weighted by Crippen LogP contribution is 2.35. The van der Waals surface area contributed by atoms with Crippen LogP contribution >= 0.6 is 23.2 Å². The van der Waals surface area contributed by atoms with E-state index in [0.29, 0.717) is 21.8 Å². The molecule has 0 amide bonds. The SMILES string of the molecule is Nc1c(F)cc(F)cc1Nc1c(Cl)cccc1Cl. The van der Waals surface area contributed by atoms with Crippen LogP contribution in [0.15, 0.2) is 30.3 Å². The minimum Gasteiger partial charge on any atom is -0.395 e. The molecule has 6 heteroatoms. The molecule has 2 nitrogen and oxygen atoms in total. The van der Waals surface area contributed by atoms with Crippen LogP contribution in [-0.4, -0.2) is 0 Å². The van der Waals surface area contributed by atoms with Crippen LogP contribution in [0.1, 0.15) is 0 Å². The van der Waals surface area contributed by atoms with Gasteiger partial charge < -0.3 is 11.1 Å². The fourth-order valence-corrected chi connectivity index (χ4v) is 1.93. The summed E-state index contributed by atoms with van der Waals surface area (Å²) in [6.07, 6.45) is 0. The number of nitrogens with one attached hydrogen (secondary N) is 1. The lowest BCUT2D eigenvalue weighted by atomic mass is 10.2. The summed E-state index contributed by atoms with van der Waals surface area (Å²) in [4.78, 5) is 0. The van der Waals surface area contributed by atoms with Gasteiger partial charge in [-0.05, 0) is 18.2 Å². The Morgan fingerprint density at radius 3 is 2.28 bits per heavy atom. The van der Waals surface area contributed by atoms with E-state index in [4.69, 9.17) is 28.9 Å². The maximum atomic E-state index is 13.3. The molecule has 0 aromatic heterocycles. The first-order valence-corrected chi connectivity index (χ1v) is 5.70. The molecule has 0 aliphatic carbocycles. The molecule has 18 heavy (non-hydrogen) atoms. The molecule has 0 saturated carbocycles. The predicted molar refractivity (Wildman–Crippen MR) is 70.5 cm³/mol. The summed E-state index contributed by atoms with van der Waals surface area (Å²) in [6, 6.07) is 6.63. The summed E-state index contributed by atoms with van der Waals surface area (Å²) >= 11 is 11.9. The molecule has 0 aliphatic rings. The van der Waals surface area contributed by atoms with Crippen molar-refractivity contribution in [1.29, 1.82) is 0 Å². The molecule has 94 valence electrons. The van der Waals surface area contributed by atoms with Crippen molar-refractivity contribution in [3.05, 3.63) is 52.0 Å². The molecule has 0 atom stereocenters. The molecule has 2 rings (SSSR count). The van der Waals surface area contributed by atoms with E-state index in [2.05, 4.69) is 5.32 Å². The largest absolute Gasteiger partial charge is 0.395 e. The number of nitrogens with two attached hydrogens (primary N) is 1. The quantitative estimate of drug-likeness (QED) is 0.793. The van der Waals surface area contributed by atoms with Crippen LogP contribution in [0.3, 0.4) is 0 Å². The second kappa shape index (κ2) is 5.00. The summed E-state index contributed by atoms with van der Waals surface area (Å²) in [6.45, 7) is 0. The first-order chi connectivity index (χ1) is 8.49. The topological polar surface area (TPSA) is 38.0 Å². The number of para-hydroxylation sites is 1. The molecule has 0 spiro atoms. The molecule has 0 heterocycles. The lowest BCUT2D eigenvalue weighted by molar-refractivity contribution is 0.587. The van der Waals surface area contributed by atoms with Gasteiger partial charge in [0.1, 0.15) is 5.82 Å². The van der Waals surface area contributed by atoms with E-state index in [1.54, 1.807) is 18.2 Å². The van der Waals surface area contributed by atoms with Gasteiger partial charge in [-0.2, -0.15) is 0 Å². The first kappa shape index (κ1) is 12.9. The van der Waals surface area contributed by atoms with Crippen LogP contribution < -0.4 is 11.1 Å². The fourth-order valence-electron chi connectivity index (χ4n) is 1.44. The van der Waals surface area contributed by atoms with E-state index in [9.17, 15) is 8.78 Å². The molecular weight excluding hydrogens is 281 g/mol. The Morgan fingerprint density at radius 1 is 1.06 bits per heavy atom. The van der Waals surface area contributed by atoms with E-state index in [1.807, 2.05) is 0 Å². The zero-order valence-corrected chi connectivity index (χ0v) is 10.5. The summed E-state index contributed by atoms with van der Waals surface area (Å²) in [5.41, 5.74) is 5.72. The number of anilines is 3. The Balaban J connectivity index is 2.46. The third-order valence-electron chi connectivity index (χ3n) is 2.32. The molecule has 0 unspecified atom stereocenters. The molecule has 2 aromatic carbocycles. The third kappa shape index (κ3) is 2.49. The van der Waals surface area contributed by atoms with Crippen molar-refractivity contribution < 1.29 is 8.78 Å². The van der Waals surface area contributed by atoms with Gasteiger partial charge in [0.2, 0.25) is 0 Å². The van der Waals surface area contributed by atoms with Gasteiger partial charge in [0.05, 0.1) is 27.1 Å². The summed E-state index contributed by atoms with van der Waals surface area (Å²) < 4.78 is 26.4. The van der Waals surface area contributed by atoms with Gasteiger partial charge in [-0.25, -0.2) is 8.78 Å². The van der Waals surface area contributed by atoms with Gasteiger partial charge in [0.15, 0.2) is 5.82 Å². The summed E-state index contributed by atoms with van der Waals surface area (Å²) in [5, 5.41) is 3.37. The van der Waals surface area contributed by atoms with E-state index in [-0.39, 0.29) is 11.4 Å². The maximum Gasteiger partial charge on any atom is 0.151 e. The molecule has 0 radical (unpaired) electrons. The number of nitrogen functional groups attached to an aromatic ring is 1. The number of halogens is 4. The van der Waals surface area contributed by atoms with Gasteiger partial charge in [-0.3, -0.25) is 0 Å². The smallest absolute Gasteiger partial charge is 0.151 e. The normalized spacial score (nSPS) is 10.4. The zero-order chi connectivity index (χ0) is 13.3. The van der Waals surface area contributed by atoms with Gasteiger partial charge in [-0.15, -0.1) is 0 Å². The van der Waals surface area contributed by atoms with Gasteiger partial charge in [0, 0.05) is 6.07 Å². The molecular formula is C12H8Cl2F2N2. The van der Waals surface area contributed by atoms with Crippen molar-refractivity contribution in [1.82, 2.24) is 0 Å². The van der Waals surface area contributed by atoms with E-state index in [0.717, 1.165) is 6.07 Å².